The van der Waals surface area contributed by atoms with Crippen LogP contribution >= 0.6 is 11.6 Å². The number of hydrogen-bond acceptors (Lipinski definition) is 4. The van der Waals surface area contributed by atoms with E-state index in [4.69, 9.17) is 11.6 Å². The molecule has 9 heteroatoms. The number of carbonyl (C=O) groups is 2. The second kappa shape index (κ2) is 8.28. The van der Waals surface area contributed by atoms with Crippen molar-refractivity contribution in [2.24, 2.45) is 0 Å². The van der Waals surface area contributed by atoms with Crippen LogP contribution in [0.2, 0.25) is 5.02 Å². The van der Waals surface area contributed by atoms with Gasteiger partial charge in [-0.1, -0.05) is 11.6 Å². The largest absolute Gasteiger partial charge is 0.356 e. The number of benzene rings is 1. The highest BCUT2D eigenvalue weighted by Gasteiger charge is 2.20. The zero-order valence-electron chi connectivity index (χ0n) is 13.2. The van der Waals surface area contributed by atoms with Gasteiger partial charge in [0.1, 0.15) is 0 Å². The number of nitrogens with zero attached hydrogens (tertiary/aromatic N) is 1. The van der Waals surface area contributed by atoms with Gasteiger partial charge in [0.15, 0.2) is 0 Å². The Morgan fingerprint density at radius 1 is 1.17 bits per heavy atom. The van der Waals surface area contributed by atoms with Gasteiger partial charge in [-0.3, -0.25) is 9.59 Å². The molecule has 23 heavy (non-hydrogen) atoms. The molecule has 0 spiro atoms. The molecule has 0 saturated carbocycles. The van der Waals surface area contributed by atoms with E-state index in [1.54, 1.807) is 0 Å². The second-order valence-corrected chi connectivity index (χ2v) is 7.58. The molecule has 0 aliphatic heterocycles. The molecule has 0 fully saturated rings. The Balaban J connectivity index is 2.79. The molecule has 2 N–H and O–H groups in total. The van der Waals surface area contributed by atoms with Crippen molar-refractivity contribution in [2.45, 2.75) is 18.2 Å². The predicted octanol–water partition coefficient (Wildman–Crippen LogP) is 0.846. The Labute approximate surface area is 141 Å². The van der Waals surface area contributed by atoms with E-state index in [0.717, 1.165) is 4.31 Å². The molecule has 0 saturated heterocycles. The van der Waals surface area contributed by atoms with Crippen LogP contribution in [0, 0.1) is 0 Å². The van der Waals surface area contributed by atoms with Gasteiger partial charge >= 0.3 is 0 Å². The van der Waals surface area contributed by atoms with Crippen LogP contribution in [-0.4, -0.2) is 51.7 Å². The molecule has 0 aliphatic carbocycles. The number of halogens is 1. The lowest BCUT2D eigenvalue weighted by molar-refractivity contribution is -0.118. The lowest BCUT2D eigenvalue weighted by atomic mass is 10.2. The normalized spacial score (nSPS) is 11.3. The Bertz CT molecular complexity index is 689. The average Bonchev–Trinajstić information content (AvgIpc) is 2.46. The molecular weight excluding hydrogens is 342 g/mol. The summed E-state index contributed by atoms with van der Waals surface area (Å²) < 4.78 is 25.2. The summed E-state index contributed by atoms with van der Waals surface area (Å²) in [6.07, 6.45) is 0.554. The second-order valence-electron chi connectivity index (χ2n) is 5.02. The van der Waals surface area contributed by atoms with Crippen LogP contribution in [0.15, 0.2) is 23.1 Å². The molecule has 0 aromatic heterocycles. The lowest BCUT2D eigenvalue weighted by Gasteiger charge is -2.13. The van der Waals surface area contributed by atoms with Crippen LogP contribution < -0.4 is 10.6 Å². The van der Waals surface area contributed by atoms with Gasteiger partial charge in [0.05, 0.1) is 15.5 Å². The quantitative estimate of drug-likeness (QED) is 0.704. The van der Waals surface area contributed by atoms with Crippen LogP contribution in [-0.2, 0) is 14.8 Å². The maximum atomic E-state index is 12.1. The van der Waals surface area contributed by atoms with E-state index in [-0.39, 0.29) is 21.4 Å². The first-order chi connectivity index (χ1) is 10.7. The van der Waals surface area contributed by atoms with Gasteiger partial charge in [-0.25, -0.2) is 12.7 Å². The predicted molar refractivity (Wildman–Crippen MR) is 88.0 cm³/mol. The number of sulfonamides is 1. The molecule has 1 aromatic rings. The van der Waals surface area contributed by atoms with E-state index < -0.39 is 15.9 Å². The third kappa shape index (κ3) is 5.49. The van der Waals surface area contributed by atoms with Gasteiger partial charge in [0, 0.05) is 34.1 Å². The molecule has 0 atom stereocenters. The summed E-state index contributed by atoms with van der Waals surface area (Å²) in [6.45, 7) is 2.19. The van der Waals surface area contributed by atoms with Crippen LogP contribution in [0.5, 0.6) is 0 Å². The minimum atomic E-state index is -3.64. The zero-order valence-corrected chi connectivity index (χ0v) is 14.8. The monoisotopic (exact) mass is 361 g/mol. The Kier molecular flexibility index (Phi) is 6.99. The average molecular weight is 362 g/mol. The number of nitrogens with one attached hydrogen (secondary N) is 2. The van der Waals surface area contributed by atoms with Gasteiger partial charge in [-0.05, 0) is 24.6 Å². The fraction of sp³-hybridized carbons (Fsp3) is 0.429. The maximum absolute atomic E-state index is 12.1. The van der Waals surface area contributed by atoms with Crippen molar-refractivity contribution in [3.8, 4) is 0 Å². The smallest absolute Gasteiger partial charge is 0.252 e. The van der Waals surface area contributed by atoms with Crippen molar-refractivity contribution in [3.63, 3.8) is 0 Å². The van der Waals surface area contributed by atoms with Gasteiger partial charge in [-0.2, -0.15) is 0 Å². The molecule has 1 aromatic carbocycles. The molecule has 0 unspecified atom stereocenters. The molecule has 0 bridgehead atoms. The lowest BCUT2D eigenvalue weighted by Crippen LogP contribution is -2.29. The molecule has 128 valence electrons. The van der Waals surface area contributed by atoms with Crippen molar-refractivity contribution in [2.75, 3.05) is 27.2 Å². The summed E-state index contributed by atoms with van der Waals surface area (Å²) in [7, 11) is -0.824. The third-order valence-electron chi connectivity index (χ3n) is 2.97. The number of rotatable bonds is 7. The van der Waals surface area contributed by atoms with E-state index in [0.29, 0.717) is 19.5 Å². The third-order valence-corrected chi connectivity index (χ3v) is 5.11. The summed E-state index contributed by atoms with van der Waals surface area (Å²) in [6, 6.07) is 3.98. The summed E-state index contributed by atoms with van der Waals surface area (Å²) >= 11 is 5.98. The van der Waals surface area contributed by atoms with E-state index in [2.05, 4.69) is 10.6 Å². The van der Waals surface area contributed by atoms with Gasteiger partial charge in [0.2, 0.25) is 15.9 Å². The summed E-state index contributed by atoms with van der Waals surface area (Å²) in [5.41, 5.74) is 0.0918. The van der Waals surface area contributed by atoms with Crippen molar-refractivity contribution in [1.82, 2.24) is 14.9 Å². The van der Waals surface area contributed by atoms with Crippen molar-refractivity contribution in [3.05, 3.63) is 28.8 Å². The maximum Gasteiger partial charge on any atom is 0.252 e. The van der Waals surface area contributed by atoms with Crippen LogP contribution in [0.3, 0.4) is 0 Å². The first-order valence-electron chi connectivity index (χ1n) is 6.91. The van der Waals surface area contributed by atoms with E-state index in [1.165, 1.54) is 39.2 Å². The molecule has 1 rings (SSSR count). The first kappa shape index (κ1) is 19.4. The SMILES string of the molecule is CC(=O)NCCCNC(=O)c1cc(S(=O)(=O)N(C)C)ccc1Cl. The molecule has 0 aliphatic rings. The van der Waals surface area contributed by atoms with Gasteiger partial charge in [0.25, 0.3) is 5.91 Å². The standard InChI is InChI=1S/C14H20ClN3O4S/c1-10(19)16-7-4-8-17-14(20)12-9-11(5-6-13(12)15)23(21,22)18(2)3/h5-6,9H,4,7-8H2,1-3H3,(H,16,19)(H,17,20). The summed E-state index contributed by atoms with van der Waals surface area (Å²) in [4.78, 5) is 22.8. The van der Waals surface area contributed by atoms with Crippen LogP contribution in [0.4, 0.5) is 0 Å². The zero-order chi connectivity index (χ0) is 17.6. The van der Waals surface area contributed by atoms with E-state index >= 15 is 0 Å². The fourth-order valence-electron chi connectivity index (χ4n) is 1.70. The minimum Gasteiger partial charge on any atom is -0.356 e. The van der Waals surface area contributed by atoms with E-state index in [1.807, 2.05) is 0 Å². The number of carbonyl (C=O) groups excluding carboxylic acids is 2. The molecule has 7 nitrogen and oxygen atoms in total. The van der Waals surface area contributed by atoms with Crippen LogP contribution in [0.25, 0.3) is 0 Å². The molecule has 0 heterocycles. The Hall–Kier alpha value is -1.64. The van der Waals surface area contributed by atoms with Crippen LogP contribution in [0.1, 0.15) is 23.7 Å². The summed E-state index contributed by atoms with van der Waals surface area (Å²) in [5, 5.41) is 5.42. The number of amides is 2. The molecular formula is C14H20ClN3O4S. The highest BCUT2D eigenvalue weighted by Crippen LogP contribution is 2.22. The first-order valence-corrected chi connectivity index (χ1v) is 8.72. The summed E-state index contributed by atoms with van der Waals surface area (Å²) in [5.74, 6) is -0.602. The Morgan fingerprint density at radius 2 is 1.78 bits per heavy atom. The highest BCUT2D eigenvalue weighted by atomic mass is 35.5. The molecule has 0 radical (unpaired) electrons. The number of hydrogen-bond donors (Lipinski definition) is 2. The molecule has 2 amide bonds. The fourth-order valence-corrected chi connectivity index (χ4v) is 2.83. The van der Waals surface area contributed by atoms with E-state index in [9.17, 15) is 18.0 Å². The van der Waals surface area contributed by atoms with Gasteiger partial charge in [-0.15, -0.1) is 0 Å². The van der Waals surface area contributed by atoms with Crippen molar-refractivity contribution >= 4 is 33.4 Å². The van der Waals surface area contributed by atoms with Gasteiger partial charge < -0.3 is 10.6 Å². The van der Waals surface area contributed by atoms with Crippen molar-refractivity contribution < 1.29 is 18.0 Å². The minimum absolute atomic E-state index is 0.00436. The Morgan fingerprint density at radius 3 is 2.35 bits per heavy atom. The highest BCUT2D eigenvalue weighted by molar-refractivity contribution is 7.89. The topological polar surface area (TPSA) is 95.6 Å². The van der Waals surface area contributed by atoms with Crippen molar-refractivity contribution in [1.29, 1.82) is 0 Å².